The molecule has 0 unspecified atom stereocenters. The first kappa shape index (κ1) is 17.9. The normalized spacial score (nSPS) is 11.8. The summed E-state index contributed by atoms with van der Waals surface area (Å²) in [5, 5.41) is 7.46. The summed E-state index contributed by atoms with van der Waals surface area (Å²) in [5.41, 5.74) is 1.69. The minimum atomic E-state index is -4.50. The van der Waals surface area contributed by atoms with Crippen LogP contribution in [0, 0.1) is 0 Å². The van der Waals surface area contributed by atoms with Crippen molar-refractivity contribution in [2.45, 2.75) is 32.5 Å². The van der Waals surface area contributed by atoms with Gasteiger partial charge in [-0.25, -0.2) is 14.6 Å². The maximum atomic E-state index is 12.8. The molecular weight excluding hydrogens is 343 g/mol. The van der Waals surface area contributed by atoms with Gasteiger partial charge in [0.2, 0.25) is 5.95 Å². The highest BCUT2D eigenvalue weighted by atomic mass is 19.4. The van der Waals surface area contributed by atoms with Gasteiger partial charge in [-0.05, 0) is 24.1 Å². The predicted octanol–water partition coefficient (Wildman–Crippen LogP) is 4.42. The number of rotatable bonds is 5. The number of hydrogen-bond acceptors (Lipinski definition) is 4. The smallest absolute Gasteiger partial charge is 0.350 e. The van der Waals surface area contributed by atoms with Crippen molar-refractivity contribution in [1.82, 2.24) is 19.7 Å². The highest BCUT2D eigenvalue weighted by Gasteiger charge is 2.32. The fraction of sp³-hybridized carbons (Fsp3) is 0.278. The number of aromatic nitrogens is 4. The summed E-state index contributed by atoms with van der Waals surface area (Å²) >= 11 is 0. The van der Waals surface area contributed by atoms with E-state index >= 15 is 0 Å². The van der Waals surface area contributed by atoms with E-state index in [0.29, 0.717) is 0 Å². The first-order valence-electron chi connectivity index (χ1n) is 8.12. The first-order valence-corrected chi connectivity index (χ1v) is 8.12. The summed E-state index contributed by atoms with van der Waals surface area (Å²) in [4.78, 5) is 7.38. The van der Waals surface area contributed by atoms with Gasteiger partial charge < -0.3 is 5.32 Å². The standard InChI is InChI=1S/C18H18F3N5/c1-12(2)16-13(11-26(25-16)14-6-4-3-5-7-14)10-23-17-22-9-8-15(24-17)18(19,20)21/h3-9,11-12H,10H2,1-2H3,(H,22,23,24). The summed E-state index contributed by atoms with van der Waals surface area (Å²) < 4.78 is 40.0. The Morgan fingerprint density at radius 2 is 1.85 bits per heavy atom. The van der Waals surface area contributed by atoms with Crippen LogP contribution in [0.2, 0.25) is 0 Å². The molecule has 3 aromatic rings. The van der Waals surface area contributed by atoms with Crippen LogP contribution in [-0.2, 0) is 12.7 Å². The number of nitrogens with zero attached hydrogens (tertiary/aromatic N) is 4. The molecule has 8 heteroatoms. The SMILES string of the molecule is CC(C)c1nn(-c2ccccc2)cc1CNc1nccc(C(F)(F)F)n1. The Morgan fingerprint density at radius 1 is 1.12 bits per heavy atom. The molecule has 26 heavy (non-hydrogen) atoms. The van der Waals surface area contributed by atoms with Crippen molar-refractivity contribution in [2.24, 2.45) is 0 Å². The first-order chi connectivity index (χ1) is 12.3. The second-order valence-electron chi connectivity index (χ2n) is 6.09. The molecule has 0 bridgehead atoms. The van der Waals surface area contributed by atoms with E-state index in [2.05, 4.69) is 20.4 Å². The van der Waals surface area contributed by atoms with Gasteiger partial charge in [0.1, 0.15) is 5.69 Å². The van der Waals surface area contributed by atoms with Crippen molar-refractivity contribution in [3.63, 3.8) is 0 Å². The highest BCUT2D eigenvalue weighted by Crippen LogP contribution is 2.27. The van der Waals surface area contributed by atoms with Gasteiger partial charge in [-0.1, -0.05) is 32.0 Å². The van der Waals surface area contributed by atoms with Crippen LogP contribution >= 0.6 is 0 Å². The van der Waals surface area contributed by atoms with E-state index in [1.165, 1.54) is 0 Å². The Balaban J connectivity index is 1.83. The fourth-order valence-electron chi connectivity index (χ4n) is 2.53. The Kier molecular flexibility index (Phi) is 4.92. The number of nitrogens with one attached hydrogen (secondary N) is 1. The zero-order chi connectivity index (χ0) is 18.7. The number of halogens is 3. The minimum Gasteiger partial charge on any atom is -0.350 e. The molecule has 0 aliphatic carbocycles. The maximum absolute atomic E-state index is 12.8. The van der Waals surface area contributed by atoms with Crippen LogP contribution in [0.4, 0.5) is 19.1 Å². The summed E-state index contributed by atoms with van der Waals surface area (Å²) in [6, 6.07) is 10.5. The second kappa shape index (κ2) is 7.15. The fourth-order valence-corrected chi connectivity index (χ4v) is 2.53. The van der Waals surface area contributed by atoms with Crippen LogP contribution in [0.5, 0.6) is 0 Å². The van der Waals surface area contributed by atoms with Crippen molar-refractivity contribution in [1.29, 1.82) is 0 Å². The van der Waals surface area contributed by atoms with E-state index in [-0.39, 0.29) is 18.4 Å². The molecule has 1 N–H and O–H groups in total. The van der Waals surface area contributed by atoms with E-state index in [4.69, 9.17) is 0 Å². The molecule has 0 radical (unpaired) electrons. The van der Waals surface area contributed by atoms with Gasteiger partial charge in [0.25, 0.3) is 0 Å². The van der Waals surface area contributed by atoms with Crippen LogP contribution in [0.3, 0.4) is 0 Å². The van der Waals surface area contributed by atoms with E-state index < -0.39 is 11.9 Å². The maximum Gasteiger partial charge on any atom is 0.433 e. The van der Waals surface area contributed by atoms with Crippen LogP contribution < -0.4 is 5.32 Å². The Bertz CT molecular complexity index is 872. The molecule has 0 spiro atoms. The quantitative estimate of drug-likeness (QED) is 0.731. The third kappa shape index (κ3) is 4.01. The van der Waals surface area contributed by atoms with Gasteiger partial charge >= 0.3 is 6.18 Å². The largest absolute Gasteiger partial charge is 0.433 e. The summed E-state index contributed by atoms with van der Waals surface area (Å²) in [7, 11) is 0. The third-order valence-corrected chi connectivity index (χ3v) is 3.77. The van der Waals surface area contributed by atoms with Crippen LogP contribution in [-0.4, -0.2) is 19.7 Å². The molecule has 0 saturated carbocycles. The molecule has 2 aromatic heterocycles. The van der Waals surface area contributed by atoms with Gasteiger partial charge in [0.15, 0.2) is 0 Å². The lowest BCUT2D eigenvalue weighted by molar-refractivity contribution is -0.141. The lowest BCUT2D eigenvalue weighted by atomic mass is 10.1. The summed E-state index contributed by atoms with van der Waals surface area (Å²) in [5.74, 6) is 0.0983. The van der Waals surface area contributed by atoms with Crippen molar-refractivity contribution in [3.8, 4) is 5.69 Å². The van der Waals surface area contributed by atoms with Gasteiger partial charge in [-0.3, -0.25) is 0 Å². The molecule has 0 atom stereocenters. The molecule has 2 heterocycles. The molecule has 0 fully saturated rings. The number of hydrogen-bond donors (Lipinski definition) is 1. The van der Waals surface area contributed by atoms with E-state index in [9.17, 15) is 13.2 Å². The highest BCUT2D eigenvalue weighted by molar-refractivity contribution is 5.35. The molecule has 0 saturated heterocycles. The second-order valence-corrected chi connectivity index (χ2v) is 6.09. The molecule has 3 rings (SSSR count). The van der Waals surface area contributed by atoms with E-state index in [1.807, 2.05) is 50.4 Å². The van der Waals surface area contributed by atoms with Crippen LogP contribution in [0.1, 0.15) is 36.7 Å². The van der Waals surface area contributed by atoms with Crippen LogP contribution in [0.25, 0.3) is 5.69 Å². The number of benzene rings is 1. The average molecular weight is 361 g/mol. The third-order valence-electron chi connectivity index (χ3n) is 3.77. The number of para-hydroxylation sites is 1. The molecule has 5 nitrogen and oxygen atoms in total. The molecular formula is C18H18F3N5. The van der Waals surface area contributed by atoms with Gasteiger partial charge in [-0.2, -0.15) is 18.3 Å². The molecule has 0 aliphatic heterocycles. The van der Waals surface area contributed by atoms with E-state index in [1.54, 1.807) is 4.68 Å². The van der Waals surface area contributed by atoms with Crippen molar-refractivity contribution in [3.05, 3.63) is 65.7 Å². The predicted molar refractivity (Wildman–Crippen MR) is 92.0 cm³/mol. The lowest BCUT2D eigenvalue weighted by Gasteiger charge is -2.09. The lowest BCUT2D eigenvalue weighted by Crippen LogP contribution is -2.12. The minimum absolute atomic E-state index is 0.0676. The monoisotopic (exact) mass is 361 g/mol. The molecule has 136 valence electrons. The topological polar surface area (TPSA) is 55.6 Å². The number of alkyl halides is 3. The summed E-state index contributed by atoms with van der Waals surface area (Å²) in [6.45, 7) is 4.31. The van der Waals surface area contributed by atoms with Crippen molar-refractivity contribution >= 4 is 5.95 Å². The Labute approximate surface area is 148 Å². The zero-order valence-corrected chi connectivity index (χ0v) is 14.3. The van der Waals surface area contributed by atoms with Crippen molar-refractivity contribution < 1.29 is 13.2 Å². The van der Waals surface area contributed by atoms with Crippen LogP contribution in [0.15, 0.2) is 48.8 Å². The van der Waals surface area contributed by atoms with Gasteiger partial charge in [0.05, 0.1) is 11.4 Å². The Hall–Kier alpha value is -2.90. The Morgan fingerprint density at radius 3 is 2.50 bits per heavy atom. The van der Waals surface area contributed by atoms with Gasteiger partial charge in [0, 0.05) is 24.5 Å². The summed E-state index contributed by atoms with van der Waals surface area (Å²) in [6.07, 6.45) is -1.54. The molecule has 1 aromatic carbocycles. The molecule has 0 aliphatic rings. The zero-order valence-electron chi connectivity index (χ0n) is 14.3. The molecule has 0 amide bonds. The number of anilines is 1. The average Bonchev–Trinajstić information content (AvgIpc) is 3.05. The van der Waals surface area contributed by atoms with Gasteiger partial charge in [-0.15, -0.1) is 0 Å². The van der Waals surface area contributed by atoms with Crippen molar-refractivity contribution in [2.75, 3.05) is 5.32 Å². The van der Waals surface area contributed by atoms with E-state index in [0.717, 1.165) is 29.2 Å².